The fraction of sp³-hybridized carbons (Fsp3) is 0.409. The second-order valence-electron chi connectivity index (χ2n) is 8.25. The largest absolute Gasteiger partial charge is 0.486 e. The molecule has 0 radical (unpaired) electrons. The molecule has 2 aromatic heterocycles. The summed E-state index contributed by atoms with van der Waals surface area (Å²) in [6, 6.07) is 3.83. The van der Waals surface area contributed by atoms with Gasteiger partial charge in [-0.15, -0.1) is 0 Å². The number of nitrogens with one attached hydrogen (secondary N) is 3. The number of aromatic nitrogens is 3. The topological polar surface area (TPSA) is 102 Å². The molecule has 10 heteroatoms. The quantitative estimate of drug-likeness (QED) is 0.511. The SMILES string of the molecule is [2H]C([2H])([2H])Nc1cc(Nc2cc(F)cc3c2OCCO3)nc2c(C(=O)NCC(C)(C)CC)cnn12. The zero-order chi connectivity index (χ0) is 25.4. The van der Waals surface area contributed by atoms with Crippen molar-refractivity contribution in [1.29, 1.82) is 0 Å². The average Bonchev–Trinajstić information content (AvgIpc) is 3.21. The third kappa shape index (κ3) is 4.25. The summed E-state index contributed by atoms with van der Waals surface area (Å²) < 4.78 is 49.4. The zero-order valence-electron chi connectivity index (χ0n) is 21.1. The molecule has 32 heavy (non-hydrogen) atoms. The van der Waals surface area contributed by atoms with Crippen molar-refractivity contribution in [3.8, 4) is 11.5 Å². The van der Waals surface area contributed by atoms with Crippen molar-refractivity contribution >= 4 is 28.9 Å². The van der Waals surface area contributed by atoms with Gasteiger partial charge in [-0.25, -0.2) is 9.37 Å². The monoisotopic (exact) mass is 445 g/mol. The van der Waals surface area contributed by atoms with Gasteiger partial charge in [0.2, 0.25) is 0 Å². The van der Waals surface area contributed by atoms with Crippen molar-refractivity contribution in [3.63, 3.8) is 0 Å². The van der Waals surface area contributed by atoms with Crippen LogP contribution in [0.5, 0.6) is 11.5 Å². The number of halogens is 1. The molecular weight excluding hydrogens is 415 g/mol. The first kappa shape index (κ1) is 18.1. The molecule has 0 fully saturated rings. The van der Waals surface area contributed by atoms with E-state index >= 15 is 0 Å². The van der Waals surface area contributed by atoms with Gasteiger partial charge in [0.25, 0.3) is 5.91 Å². The number of carbonyl (C=O) groups is 1. The van der Waals surface area contributed by atoms with Crippen molar-refractivity contribution in [3.05, 3.63) is 35.8 Å². The van der Waals surface area contributed by atoms with E-state index in [1.807, 2.05) is 20.8 Å². The lowest BCUT2D eigenvalue weighted by Crippen LogP contribution is -2.33. The van der Waals surface area contributed by atoms with E-state index in [4.69, 9.17) is 13.6 Å². The molecule has 1 aliphatic rings. The summed E-state index contributed by atoms with van der Waals surface area (Å²) in [5.74, 6) is -0.198. The van der Waals surface area contributed by atoms with Gasteiger partial charge in [0, 0.05) is 35.8 Å². The number of anilines is 3. The highest BCUT2D eigenvalue weighted by molar-refractivity contribution is 6.00. The molecule has 0 spiro atoms. The summed E-state index contributed by atoms with van der Waals surface area (Å²) in [6.07, 6.45) is 2.19. The fourth-order valence-electron chi connectivity index (χ4n) is 3.17. The minimum absolute atomic E-state index is 0.0628. The predicted octanol–water partition coefficient (Wildman–Crippen LogP) is 3.59. The van der Waals surface area contributed by atoms with E-state index in [1.54, 1.807) is 0 Å². The van der Waals surface area contributed by atoms with E-state index in [0.29, 0.717) is 12.3 Å². The lowest BCUT2D eigenvalue weighted by Gasteiger charge is -2.22. The molecule has 3 heterocycles. The number of benzene rings is 1. The van der Waals surface area contributed by atoms with Gasteiger partial charge < -0.3 is 25.4 Å². The van der Waals surface area contributed by atoms with E-state index in [9.17, 15) is 9.18 Å². The first-order valence-corrected chi connectivity index (χ1v) is 10.3. The number of ether oxygens (including phenoxy) is 2. The molecule has 3 aromatic rings. The molecule has 0 aliphatic carbocycles. The second-order valence-corrected chi connectivity index (χ2v) is 8.25. The number of nitrogens with zero attached hydrogens (tertiary/aromatic N) is 3. The third-order valence-corrected chi connectivity index (χ3v) is 5.40. The van der Waals surface area contributed by atoms with Crippen LogP contribution < -0.4 is 25.4 Å². The zero-order valence-corrected chi connectivity index (χ0v) is 18.1. The maximum Gasteiger partial charge on any atom is 0.256 e. The number of fused-ring (bicyclic) bond motifs is 2. The Morgan fingerprint density at radius 2 is 2.12 bits per heavy atom. The van der Waals surface area contributed by atoms with E-state index in [1.165, 1.54) is 28.9 Å². The van der Waals surface area contributed by atoms with Gasteiger partial charge in [-0.2, -0.15) is 9.61 Å². The Morgan fingerprint density at radius 3 is 2.91 bits per heavy atom. The van der Waals surface area contributed by atoms with Crippen LogP contribution in [0.3, 0.4) is 0 Å². The summed E-state index contributed by atoms with van der Waals surface area (Å²) in [4.78, 5) is 17.4. The van der Waals surface area contributed by atoms with E-state index in [-0.39, 0.29) is 52.9 Å². The molecule has 4 rings (SSSR count). The molecule has 0 saturated carbocycles. The highest BCUT2D eigenvalue weighted by atomic mass is 19.1. The van der Waals surface area contributed by atoms with Gasteiger partial charge in [-0.3, -0.25) is 4.79 Å². The standard InChI is InChI=1S/C22H27FN6O3/c1-5-22(2,3)12-25-21(30)14-11-26-29-18(24-4)10-17(28-20(14)29)27-15-8-13(23)9-16-19(15)32-7-6-31-16/h8-11,24H,5-7,12H2,1-4H3,(H,25,30)(H,27,28)/i4D3. The Morgan fingerprint density at radius 1 is 1.31 bits per heavy atom. The van der Waals surface area contributed by atoms with Crippen LogP contribution >= 0.6 is 0 Å². The van der Waals surface area contributed by atoms with Crippen molar-refractivity contribution in [2.45, 2.75) is 27.2 Å². The van der Waals surface area contributed by atoms with Gasteiger partial charge in [0.1, 0.15) is 36.2 Å². The highest BCUT2D eigenvalue weighted by Crippen LogP contribution is 2.40. The van der Waals surface area contributed by atoms with Crippen molar-refractivity contribution in [2.75, 3.05) is 37.4 Å². The molecule has 0 bridgehead atoms. The Hall–Kier alpha value is -3.56. The summed E-state index contributed by atoms with van der Waals surface area (Å²) in [7, 11) is 0. The summed E-state index contributed by atoms with van der Waals surface area (Å²) in [5.41, 5.74) is 0.420. The molecule has 0 saturated heterocycles. The highest BCUT2D eigenvalue weighted by Gasteiger charge is 2.22. The van der Waals surface area contributed by atoms with E-state index in [0.717, 1.165) is 6.42 Å². The summed E-state index contributed by atoms with van der Waals surface area (Å²) in [5, 5.41) is 12.4. The predicted molar refractivity (Wildman–Crippen MR) is 120 cm³/mol. The Balaban J connectivity index is 1.75. The van der Waals surface area contributed by atoms with Crippen LogP contribution in [0, 0.1) is 11.2 Å². The Labute approximate surface area is 189 Å². The normalized spacial score (nSPS) is 14.9. The van der Waals surface area contributed by atoms with Gasteiger partial charge in [-0.1, -0.05) is 20.8 Å². The van der Waals surface area contributed by atoms with Crippen molar-refractivity contribution in [1.82, 2.24) is 19.9 Å². The molecule has 1 aromatic carbocycles. The number of carbonyl (C=O) groups excluding carboxylic acids is 1. The van der Waals surface area contributed by atoms with Crippen molar-refractivity contribution < 1.29 is 22.8 Å². The first-order valence-electron chi connectivity index (χ1n) is 11.8. The fourth-order valence-corrected chi connectivity index (χ4v) is 3.17. The van der Waals surface area contributed by atoms with Gasteiger partial charge in [0.05, 0.1) is 11.9 Å². The first-order chi connectivity index (χ1) is 16.5. The lowest BCUT2D eigenvalue weighted by molar-refractivity contribution is 0.0937. The second kappa shape index (κ2) is 8.52. The third-order valence-electron chi connectivity index (χ3n) is 5.40. The Kier molecular flexibility index (Phi) is 4.81. The number of hydrogen-bond donors (Lipinski definition) is 3. The number of hydrogen-bond acceptors (Lipinski definition) is 7. The van der Waals surface area contributed by atoms with Crippen molar-refractivity contribution in [2.24, 2.45) is 5.41 Å². The molecule has 0 unspecified atom stereocenters. The Bertz CT molecular complexity index is 1260. The molecule has 0 atom stereocenters. The van der Waals surface area contributed by atoms with Crippen LogP contribution in [0.4, 0.5) is 21.7 Å². The summed E-state index contributed by atoms with van der Waals surface area (Å²) >= 11 is 0. The van der Waals surface area contributed by atoms with Crippen LogP contribution in [-0.4, -0.2) is 47.2 Å². The van der Waals surface area contributed by atoms with E-state index in [2.05, 4.69) is 26.0 Å². The van der Waals surface area contributed by atoms with Gasteiger partial charge >= 0.3 is 0 Å². The molecule has 3 N–H and O–H groups in total. The average molecular weight is 446 g/mol. The number of rotatable bonds is 7. The van der Waals surface area contributed by atoms with Gasteiger partial charge in [-0.05, 0) is 11.8 Å². The van der Waals surface area contributed by atoms with Gasteiger partial charge in [0.15, 0.2) is 17.1 Å². The maximum absolute atomic E-state index is 14.2. The maximum atomic E-state index is 14.2. The molecule has 1 aliphatic heterocycles. The van der Waals surface area contributed by atoms with Crippen LogP contribution in [0.25, 0.3) is 5.65 Å². The molecule has 1 amide bonds. The summed E-state index contributed by atoms with van der Waals surface area (Å²) in [6.45, 7) is 4.57. The molecular formula is C22H27FN6O3. The van der Waals surface area contributed by atoms with Crippen LogP contribution in [0.15, 0.2) is 24.4 Å². The van der Waals surface area contributed by atoms with Crippen LogP contribution in [0.2, 0.25) is 0 Å². The molecule has 170 valence electrons. The van der Waals surface area contributed by atoms with Crippen LogP contribution in [-0.2, 0) is 0 Å². The minimum Gasteiger partial charge on any atom is -0.486 e. The molecule has 9 nitrogen and oxygen atoms in total. The lowest BCUT2D eigenvalue weighted by atomic mass is 9.90. The van der Waals surface area contributed by atoms with E-state index < -0.39 is 18.7 Å². The van der Waals surface area contributed by atoms with Crippen LogP contribution in [0.1, 0.15) is 41.7 Å². The minimum atomic E-state index is -2.54. The smallest absolute Gasteiger partial charge is 0.256 e. The number of amides is 1.